The summed E-state index contributed by atoms with van der Waals surface area (Å²) in [6, 6.07) is 8.39. The van der Waals surface area contributed by atoms with Gasteiger partial charge >= 0.3 is 6.09 Å². The normalized spacial score (nSPS) is 15.3. The predicted octanol–water partition coefficient (Wildman–Crippen LogP) is 3.06. The fourth-order valence-electron chi connectivity index (χ4n) is 3.00. The van der Waals surface area contributed by atoms with Gasteiger partial charge < -0.3 is 19.5 Å². The molecule has 0 unspecified atom stereocenters. The largest absolute Gasteiger partial charge is 0.444 e. The number of para-hydroxylation sites is 1. The molecule has 0 atom stereocenters. The minimum atomic E-state index is -0.455. The molecule has 6 nitrogen and oxygen atoms in total. The van der Waals surface area contributed by atoms with Crippen LogP contribution in [0.2, 0.25) is 0 Å². The Morgan fingerprint density at radius 2 is 1.92 bits per heavy atom. The highest BCUT2D eigenvalue weighted by atomic mass is 16.6. The van der Waals surface area contributed by atoms with Gasteiger partial charge in [0.05, 0.1) is 0 Å². The van der Waals surface area contributed by atoms with Gasteiger partial charge in [-0.05, 0) is 32.4 Å². The SMILES string of the molecule is CC(C)(C)OC(=O)N1CCN(c2ccccc2Cc2ncc[nH]2)CC1. The Kier molecular flexibility index (Phi) is 4.97. The molecule has 0 aliphatic carbocycles. The second-order valence-corrected chi connectivity index (χ2v) is 7.30. The number of rotatable bonds is 3. The first-order valence-corrected chi connectivity index (χ1v) is 8.71. The van der Waals surface area contributed by atoms with E-state index in [1.54, 1.807) is 11.1 Å². The predicted molar refractivity (Wildman–Crippen MR) is 97.9 cm³/mol. The smallest absolute Gasteiger partial charge is 0.410 e. The Labute approximate surface area is 148 Å². The van der Waals surface area contributed by atoms with E-state index in [-0.39, 0.29) is 6.09 Å². The van der Waals surface area contributed by atoms with E-state index in [2.05, 4.69) is 39.1 Å². The van der Waals surface area contributed by atoms with E-state index in [0.29, 0.717) is 13.1 Å². The molecule has 3 rings (SSSR count). The quantitative estimate of drug-likeness (QED) is 0.931. The van der Waals surface area contributed by atoms with E-state index in [1.165, 1.54) is 11.3 Å². The average Bonchev–Trinajstić information content (AvgIpc) is 3.07. The number of hydrogen-bond acceptors (Lipinski definition) is 4. The third-order valence-electron chi connectivity index (χ3n) is 4.18. The van der Waals surface area contributed by atoms with Crippen molar-refractivity contribution in [3.63, 3.8) is 0 Å². The van der Waals surface area contributed by atoms with Crippen molar-refractivity contribution in [3.05, 3.63) is 48.0 Å². The zero-order valence-corrected chi connectivity index (χ0v) is 15.2. The molecule has 25 heavy (non-hydrogen) atoms. The van der Waals surface area contributed by atoms with Crippen LogP contribution in [0, 0.1) is 0 Å². The lowest BCUT2D eigenvalue weighted by atomic mass is 10.1. The number of nitrogens with one attached hydrogen (secondary N) is 1. The van der Waals surface area contributed by atoms with Crippen molar-refractivity contribution in [2.45, 2.75) is 32.8 Å². The summed E-state index contributed by atoms with van der Waals surface area (Å²) < 4.78 is 5.47. The van der Waals surface area contributed by atoms with Gasteiger partial charge in [0, 0.05) is 50.7 Å². The number of ether oxygens (including phenoxy) is 1. The number of nitrogens with zero attached hydrogens (tertiary/aromatic N) is 3. The zero-order chi connectivity index (χ0) is 17.9. The maximum absolute atomic E-state index is 12.2. The number of amides is 1. The molecule has 2 aromatic rings. The molecule has 0 bridgehead atoms. The van der Waals surface area contributed by atoms with E-state index in [0.717, 1.165) is 25.3 Å². The van der Waals surface area contributed by atoms with Crippen molar-refractivity contribution in [2.75, 3.05) is 31.1 Å². The van der Waals surface area contributed by atoms with Gasteiger partial charge in [-0.25, -0.2) is 9.78 Å². The van der Waals surface area contributed by atoms with Crippen molar-refractivity contribution in [1.82, 2.24) is 14.9 Å². The zero-order valence-electron chi connectivity index (χ0n) is 15.2. The summed E-state index contributed by atoms with van der Waals surface area (Å²) in [5.74, 6) is 0.958. The molecule has 6 heteroatoms. The van der Waals surface area contributed by atoms with Crippen LogP contribution in [0.1, 0.15) is 32.2 Å². The molecule has 2 heterocycles. The molecule has 1 aliphatic heterocycles. The highest BCUT2D eigenvalue weighted by Gasteiger charge is 2.26. The number of carbonyl (C=O) groups is 1. The molecule has 1 aromatic heterocycles. The molecule has 0 saturated carbocycles. The van der Waals surface area contributed by atoms with Crippen LogP contribution in [-0.2, 0) is 11.2 Å². The number of aromatic amines is 1. The summed E-state index contributed by atoms with van der Waals surface area (Å²) in [4.78, 5) is 23.8. The second kappa shape index (κ2) is 7.17. The van der Waals surface area contributed by atoms with Crippen molar-refractivity contribution in [1.29, 1.82) is 0 Å². The Morgan fingerprint density at radius 3 is 2.56 bits per heavy atom. The van der Waals surface area contributed by atoms with Crippen molar-refractivity contribution < 1.29 is 9.53 Å². The van der Waals surface area contributed by atoms with Gasteiger partial charge in [0.25, 0.3) is 0 Å². The lowest BCUT2D eigenvalue weighted by Gasteiger charge is -2.37. The third kappa shape index (κ3) is 4.53. The Balaban J connectivity index is 1.64. The molecule has 1 N–H and O–H groups in total. The summed E-state index contributed by atoms with van der Waals surface area (Å²) in [7, 11) is 0. The van der Waals surface area contributed by atoms with Gasteiger partial charge in [0.1, 0.15) is 11.4 Å². The van der Waals surface area contributed by atoms with E-state index in [9.17, 15) is 4.79 Å². The highest BCUT2D eigenvalue weighted by molar-refractivity contribution is 5.69. The highest BCUT2D eigenvalue weighted by Crippen LogP contribution is 2.24. The fraction of sp³-hybridized carbons (Fsp3) is 0.474. The topological polar surface area (TPSA) is 61.5 Å². The van der Waals surface area contributed by atoms with E-state index in [4.69, 9.17) is 4.74 Å². The first-order valence-electron chi connectivity index (χ1n) is 8.71. The second-order valence-electron chi connectivity index (χ2n) is 7.30. The average molecular weight is 342 g/mol. The summed E-state index contributed by atoms with van der Waals surface area (Å²) in [5, 5.41) is 0. The van der Waals surface area contributed by atoms with Crippen LogP contribution in [0.4, 0.5) is 10.5 Å². The molecular weight excluding hydrogens is 316 g/mol. The maximum atomic E-state index is 12.2. The summed E-state index contributed by atoms with van der Waals surface area (Å²) in [6.07, 6.45) is 4.17. The summed E-state index contributed by atoms with van der Waals surface area (Å²) in [6.45, 7) is 8.63. The molecule has 0 spiro atoms. The first kappa shape index (κ1) is 17.3. The molecule has 1 aromatic carbocycles. The molecular formula is C19H26N4O2. The maximum Gasteiger partial charge on any atom is 0.410 e. The van der Waals surface area contributed by atoms with Crippen LogP contribution in [0.25, 0.3) is 0 Å². The summed E-state index contributed by atoms with van der Waals surface area (Å²) >= 11 is 0. The third-order valence-corrected chi connectivity index (χ3v) is 4.18. The number of aromatic nitrogens is 2. The van der Waals surface area contributed by atoms with Gasteiger partial charge in [-0.2, -0.15) is 0 Å². The molecule has 1 aliphatic rings. The molecule has 1 amide bonds. The number of hydrogen-bond donors (Lipinski definition) is 1. The van der Waals surface area contributed by atoms with Crippen LogP contribution >= 0.6 is 0 Å². The number of carbonyl (C=O) groups excluding carboxylic acids is 1. The molecule has 1 saturated heterocycles. The Morgan fingerprint density at radius 1 is 1.20 bits per heavy atom. The monoisotopic (exact) mass is 342 g/mol. The van der Waals surface area contributed by atoms with E-state index < -0.39 is 5.60 Å². The van der Waals surface area contributed by atoms with Crippen LogP contribution in [0.5, 0.6) is 0 Å². The minimum absolute atomic E-state index is 0.226. The number of H-pyrrole nitrogens is 1. The van der Waals surface area contributed by atoms with Gasteiger partial charge in [-0.15, -0.1) is 0 Å². The van der Waals surface area contributed by atoms with Gasteiger partial charge in [0.2, 0.25) is 0 Å². The first-order chi connectivity index (χ1) is 11.9. The van der Waals surface area contributed by atoms with Crippen molar-refractivity contribution in [3.8, 4) is 0 Å². The van der Waals surface area contributed by atoms with Crippen molar-refractivity contribution >= 4 is 11.8 Å². The Bertz CT molecular complexity index is 698. The number of imidazole rings is 1. The lowest BCUT2D eigenvalue weighted by Crippen LogP contribution is -2.50. The number of piperazine rings is 1. The van der Waals surface area contributed by atoms with Crippen LogP contribution < -0.4 is 4.90 Å². The molecule has 134 valence electrons. The van der Waals surface area contributed by atoms with Gasteiger partial charge in [-0.3, -0.25) is 0 Å². The van der Waals surface area contributed by atoms with Crippen LogP contribution in [-0.4, -0.2) is 52.7 Å². The fourth-order valence-corrected chi connectivity index (χ4v) is 3.00. The van der Waals surface area contributed by atoms with Crippen LogP contribution in [0.3, 0.4) is 0 Å². The minimum Gasteiger partial charge on any atom is -0.444 e. The number of benzene rings is 1. The molecule has 0 radical (unpaired) electrons. The summed E-state index contributed by atoms with van der Waals surface area (Å²) in [5.41, 5.74) is 2.00. The van der Waals surface area contributed by atoms with E-state index >= 15 is 0 Å². The van der Waals surface area contributed by atoms with Crippen molar-refractivity contribution in [2.24, 2.45) is 0 Å². The van der Waals surface area contributed by atoms with Gasteiger partial charge in [-0.1, -0.05) is 18.2 Å². The van der Waals surface area contributed by atoms with Gasteiger partial charge in [0.15, 0.2) is 0 Å². The number of anilines is 1. The molecule has 1 fully saturated rings. The lowest BCUT2D eigenvalue weighted by molar-refractivity contribution is 0.0240. The Hall–Kier alpha value is -2.50. The van der Waals surface area contributed by atoms with Crippen LogP contribution in [0.15, 0.2) is 36.7 Å². The standard InChI is InChI=1S/C19H26N4O2/c1-19(2,3)25-18(24)23-12-10-22(11-13-23)16-7-5-4-6-15(16)14-17-20-8-9-21-17/h4-9H,10-14H2,1-3H3,(H,20,21). The van der Waals surface area contributed by atoms with E-state index in [1.807, 2.05) is 27.0 Å².